The molecule has 1 aromatic heterocycles. The van der Waals surface area contributed by atoms with Crippen LogP contribution >= 0.6 is 11.8 Å². The zero-order valence-electron chi connectivity index (χ0n) is 9.14. The highest BCUT2D eigenvalue weighted by Crippen LogP contribution is 2.18. The van der Waals surface area contributed by atoms with Gasteiger partial charge in [0.15, 0.2) is 5.16 Å². The van der Waals surface area contributed by atoms with Crippen LogP contribution in [0.4, 0.5) is 0 Å². The Morgan fingerprint density at radius 3 is 3.06 bits per heavy atom. The zero-order valence-corrected chi connectivity index (χ0v) is 9.96. The molecule has 0 fully saturated rings. The smallest absolute Gasteiger partial charge is 0.230 e. The van der Waals surface area contributed by atoms with E-state index in [2.05, 4.69) is 15.3 Å². The molecule has 6 heteroatoms. The average Bonchev–Trinajstić information content (AvgIpc) is 2.76. The number of H-pyrrole nitrogens is 1. The van der Waals surface area contributed by atoms with Gasteiger partial charge in [0.2, 0.25) is 5.91 Å². The lowest BCUT2D eigenvalue weighted by atomic mass is 10.3. The summed E-state index contributed by atoms with van der Waals surface area (Å²) in [5.74, 6) is 0.185. The summed E-state index contributed by atoms with van der Waals surface area (Å²) in [6, 6.07) is 7.72. The molecule has 0 atom stereocenters. The maximum Gasteiger partial charge on any atom is 0.230 e. The zero-order chi connectivity index (χ0) is 12.1. The highest BCUT2D eigenvalue weighted by atomic mass is 32.2. The van der Waals surface area contributed by atoms with E-state index in [1.165, 1.54) is 11.8 Å². The van der Waals surface area contributed by atoms with E-state index < -0.39 is 0 Å². The minimum atomic E-state index is -0.107. The van der Waals surface area contributed by atoms with Crippen LogP contribution in [0.5, 0.6) is 0 Å². The lowest BCUT2D eigenvalue weighted by Gasteiger charge is -2.00. The predicted octanol–water partition coefficient (Wildman–Crippen LogP) is 0.764. The van der Waals surface area contributed by atoms with Gasteiger partial charge in [-0.3, -0.25) is 4.79 Å². The standard InChI is InChI=1S/C11H13N3O2S/c15-6-5-12-10(16)7-17-11-13-8-3-1-2-4-9(8)14-11/h1-4,15H,5-7H2,(H,12,16)(H,13,14). The van der Waals surface area contributed by atoms with Gasteiger partial charge in [-0.25, -0.2) is 4.98 Å². The van der Waals surface area contributed by atoms with E-state index in [0.717, 1.165) is 16.2 Å². The molecular formula is C11H13N3O2S. The minimum Gasteiger partial charge on any atom is -0.395 e. The van der Waals surface area contributed by atoms with Gasteiger partial charge in [0, 0.05) is 6.54 Å². The minimum absolute atomic E-state index is 0.0406. The lowest BCUT2D eigenvalue weighted by molar-refractivity contribution is -0.118. The maximum absolute atomic E-state index is 11.3. The Kier molecular flexibility index (Phi) is 4.00. The first kappa shape index (κ1) is 11.9. The van der Waals surface area contributed by atoms with Crippen LogP contribution in [0.1, 0.15) is 0 Å². The van der Waals surface area contributed by atoms with E-state index in [-0.39, 0.29) is 12.5 Å². The number of para-hydroxylation sites is 2. The van der Waals surface area contributed by atoms with Crippen molar-refractivity contribution in [3.63, 3.8) is 0 Å². The first-order chi connectivity index (χ1) is 8.29. The molecule has 0 saturated carbocycles. The van der Waals surface area contributed by atoms with Crippen molar-refractivity contribution in [2.75, 3.05) is 18.9 Å². The summed E-state index contributed by atoms with van der Waals surface area (Å²) in [7, 11) is 0. The molecule has 0 radical (unpaired) electrons. The van der Waals surface area contributed by atoms with Crippen molar-refractivity contribution in [2.45, 2.75) is 5.16 Å². The van der Waals surface area contributed by atoms with Gasteiger partial charge < -0.3 is 15.4 Å². The number of aliphatic hydroxyl groups is 1. The van der Waals surface area contributed by atoms with Gasteiger partial charge in [-0.1, -0.05) is 23.9 Å². The fourth-order valence-corrected chi connectivity index (χ4v) is 2.09. The fraction of sp³-hybridized carbons (Fsp3) is 0.273. The molecule has 1 aromatic carbocycles. The van der Waals surface area contributed by atoms with Crippen molar-refractivity contribution in [3.05, 3.63) is 24.3 Å². The van der Waals surface area contributed by atoms with E-state index in [0.29, 0.717) is 12.3 Å². The average molecular weight is 251 g/mol. The Morgan fingerprint density at radius 1 is 1.47 bits per heavy atom. The summed E-state index contributed by atoms with van der Waals surface area (Å²) >= 11 is 1.34. The summed E-state index contributed by atoms with van der Waals surface area (Å²) in [5, 5.41) is 11.9. The van der Waals surface area contributed by atoms with Crippen LogP contribution in [0.15, 0.2) is 29.4 Å². The summed E-state index contributed by atoms with van der Waals surface area (Å²) in [6.45, 7) is 0.251. The van der Waals surface area contributed by atoms with Gasteiger partial charge in [-0.15, -0.1) is 0 Å². The van der Waals surface area contributed by atoms with Crippen LogP contribution < -0.4 is 5.32 Å². The highest BCUT2D eigenvalue weighted by molar-refractivity contribution is 7.99. The number of aromatic amines is 1. The van der Waals surface area contributed by atoms with Gasteiger partial charge in [0.25, 0.3) is 0 Å². The van der Waals surface area contributed by atoms with E-state index in [1.807, 2.05) is 24.3 Å². The van der Waals surface area contributed by atoms with Gasteiger partial charge >= 0.3 is 0 Å². The summed E-state index contributed by atoms with van der Waals surface area (Å²) < 4.78 is 0. The molecule has 2 rings (SSSR count). The van der Waals surface area contributed by atoms with E-state index >= 15 is 0 Å². The number of imidazole rings is 1. The first-order valence-electron chi connectivity index (χ1n) is 5.24. The van der Waals surface area contributed by atoms with E-state index in [9.17, 15) is 4.79 Å². The number of amides is 1. The Bertz CT molecular complexity index is 479. The van der Waals surface area contributed by atoms with Gasteiger partial charge in [-0.05, 0) is 12.1 Å². The summed E-state index contributed by atoms with van der Waals surface area (Å²) in [6.07, 6.45) is 0. The molecule has 0 bridgehead atoms. The molecule has 0 aliphatic rings. The molecule has 0 spiro atoms. The van der Waals surface area contributed by atoms with Crippen LogP contribution in [-0.4, -0.2) is 39.9 Å². The number of hydrogen-bond acceptors (Lipinski definition) is 4. The summed E-state index contributed by atoms with van der Waals surface area (Å²) in [4.78, 5) is 18.8. The lowest BCUT2D eigenvalue weighted by Crippen LogP contribution is -2.27. The van der Waals surface area contributed by atoms with Crippen molar-refractivity contribution in [2.24, 2.45) is 0 Å². The van der Waals surface area contributed by atoms with Crippen molar-refractivity contribution < 1.29 is 9.90 Å². The molecule has 5 nitrogen and oxygen atoms in total. The van der Waals surface area contributed by atoms with Crippen molar-refractivity contribution >= 4 is 28.7 Å². The molecule has 1 amide bonds. The number of thioether (sulfide) groups is 1. The van der Waals surface area contributed by atoms with Gasteiger partial charge in [0.05, 0.1) is 23.4 Å². The SMILES string of the molecule is O=C(CSc1nc2ccccc2[nH]1)NCCO. The largest absolute Gasteiger partial charge is 0.395 e. The molecule has 0 unspecified atom stereocenters. The topological polar surface area (TPSA) is 78.0 Å². The fourth-order valence-electron chi connectivity index (χ4n) is 1.38. The third-order valence-electron chi connectivity index (χ3n) is 2.14. The van der Waals surface area contributed by atoms with Crippen LogP contribution in [0.3, 0.4) is 0 Å². The number of benzene rings is 1. The Morgan fingerprint density at radius 2 is 2.29 bits per heavy atom. The van der Waals surface area contributed by atoms with Crippen LogP contribution in [0.25, 0.3) is 11.0 Å². The second kappa shape index (κ2) is 5.70. The number of carbonyl (C=O) groups excluding carboxylic acids is 1. The van der Waals surface area contributed by atoms with Crippen LogP contribution in [0, 0.1) is 0 Å². The number of carbonyl (C=O) groups is 1. The number of nitrogens with one attached hydrogen (secondary N) is 2. The Balaban J connectivity index is 1.92. The molecule has 2 aromatic rings. The third kappa shape index (κ3) is 3.21. The third-order valence-corrected chi connectivity index (χ3v) is 3.01. The highest BCUT2D eigenvalue weighted by Gasteiger charge is 2.05. The molecule has 0 aliphatic heterocycles. The second-order valence-corrected chi connectivity index (χ2v) is 4.39. The molecule has 17 heavy (non-hydrogen) atoms. The van der Waals surface area contributed by atoms with E-state index in [4.69, 9.17) is 5.11 Å². The van der Waals surface area contributed by atoms with Crippen molar-refractivity contribution in [1.29, 1.82) is 0 Å². The van der Waals surface area contributed by atoms with Crippen molar-refractivity contribution in [3.8, 4) is 0 Å². The van der Waals surface area contributed by atoms with E-state index in [1.54, 1.807) is 0 Å². The number of fused-ring (bicyclic) bond motifs is 1. The molecule has 0 saturated heterocycles. The molecule has 90 valence electrons. The monoisotopic (exact) mass is 251 g/mol. The number of nitrogens with zero attached hydrogens (tertiary/aromatic N) is 1. The van der Waals surface area contributed by atoms with Crippen LogP contribution in [-0.2, 0) is 4.79 Å². The normalized spacial score (nSPS) is 10.6. The second-order valence-electron chi connectivity index (χ2n) is 3.42. The van der Waals surface area contributed by atoms with Crippen molar-refractivity contribution in [1.82, 2.24) is 15.3 Å². The molecule has 0 aliphatic carbocycles. The molecule has 1 heterocycles. The van der Waals surface area contributed by atoms with Gasteiger partial charge in [0.1, 0.15) is 0 Å². The number of rotatable bonds is 5. The Hall–Kier alpha value is -1.53. The Labute approximate surface area is 103 Å². The number of aliphatic hydroxyl groups excluding tert-OH is 1. The quantitative estimate of drug-likeness (QED) is 0.686. The maximum atomic E-state index is 11.3. The predicted molar refractivity (Wildman–Crippen MR) is 66.9 cm³/mol. The molecule has 3 N–H and O–H groups in total. The van der Waals surface area contributed by atoms with Crippen LogP contribution in [0.2, 0.25) is 0 Å². The number of hydrogen-bond donors (Lipinski definition) is 3. The number of aromatic nitrogens is 2. The first-order valence-corrected chi connectivity index (χ1v) is 6.23. The molecular weight excluding hydrogens is 238 g/mol. The van der Waals surface area contributed by atoms with Gasteiger partial charge in [-0.2, -0.15) is 0 Å². The summed E-state index contributed by atoms with van der Waals surface area (Å²) in [5.41, 5.74) is 1.86.